The Balaban J connectivity index is 2.05. The zero-order valence-electron chi connectivity index (χ0n) is 16.7. The molecule has 0 radical (unpaired) electrons. The molecule has 28 heavy (non-hydrogen) atoms. The molecule has 0 aromatic heterocycles. The number of benzene rings is 1. The molecule has 0 spiro atoms. The molecule has 1 aromatic rings. The van der Waals surface area contributed by atoms with E-state index in [2.05, 4.69) is 6.92 Å². The van der Waals surface area contributed by atoms with Crippen LogP contribution in [-0.2, 0) is 14.3 Å². The first-order chi connectivity index (χ1) is 13.5. The van der Waals surface area contributed by atoms with Crippen molar-refractivity contribution in [3.05, 3.63) is 34.4 Å². The third-order valence-electron chi connectivity index (χ3n) is 4.28. The second kappa shape index (κ2) is 14.6. The van der Waals surface area contributed by atoms with Crippen LogP contribution in [0.4, 0.5) is 5.69 Å². The van der Waals surface area contributed by atoms with E-state index in [-0.39, 0.29) is 30.2 Å². The minimum atomic E-state index is -0.556. The first-order valence-corrected chi connectivity index (χ1v) is 10.1. The van der Waals surface area contributed by atoms with Crippen LogP contribution >= 0.6 is 0 Å². The molecule has 0 amide bonds. The fourth-order valence-electron chi connectivity index (χ4n) is 2.71. The average molecular weight is 393 g/mol. The van der Waals surface area contributed by atoms with Gasteiger partial charge in [-0.3, -0.25) is 19.7 Å². The molecule has 1 rings (SSSR count). The Bertz CT molecular complexity index is 617. The van der Waals surface area contributed by atoms with Gasteiger partial charge in [0.05, 0.1) is 17.6 Å². The van der Waals surface area contributed by atoms with E-state index in [9.17, 15) is 19.7 Å². The predicted octanol–water partition coefficient (Wildman–Crippen LogP) is 5.35. The van der Waals surface area contributed by atoms with Gasteiger partial charge in [0, 0.05) is 18.9 Å². The maximum atomic E-state index is 11.8. The molecule has 0 unspecified atom stereocenters. The van der Waals surface area contributed by atoms with Crippen LogP contribution in [0.15, 0.2) is 24.3 Å². The van der Waals surface area contributed by atoms with Crippen LogP contribution in [0.5, 0.6) is 5.75 Å². The van der Waals surface area contributed by atoms with E-state index >= 15 is 0 Å². The summed E-state index contributed by atoms with van der Waals surface area (Å²) in [4.78, 5) is 33.6. The predicted molar refractivity (Wildman–Crippen MR) is 106 cm³/mol. The molecule has 7 nitrogen and oxygen atoms in total. The van der Waals surface area contributed by atoms with Crippen molar-refractivity contribution in [3.63, 3.8) is 0 Å². The third-order valence-corrected chi connectivity index (χ3v) is 4.28. The second-order valence-electron chi connectivity index (χ2n) is 6.78. The molecule has 0 saturated carbocycles. The van der Waals surface area contributed by atoms with Gasteiger partial charge >= 0.3 is 11.9 Å². The fraction of sp³-hybridized carbons (Fsp3) is 0.619. The fourth-order valence-corrected chi connectivity index (χ4v) is 2.71. The summed E-state index contributed by atoms with van der Waals surface area (Å²) in [6.45, 7) is 2.63. The maximum Gasteiger partial charge on any atom is 0.311 e. The lowest BCUT2D eigenvalue weighted by atomic mass is 10.1. The van der Waals surface area contributed by atoms with Gasteiger partial charge in [0.15, 0.2) is 0 Å². The molecule has 7 heteroatoms. The molecule has 0 bridgehead atoms. The topological polar surface area (TPSA) is 95.7 Å². The summed E-state index contributed by atoms with van der Waals surface area (Å²) in [5, 5.41) is 10.7. The highest BCUT2D eigenvalue weighted by molar-refractivity contribution is 5.74. The Kier molecular flexibility index (Phi) is 12.3. The van der Waals surface area contributed by atoms with Crippen LogP contribution in [0.3, 0.4) is 0 Å². The summed E-state index contributed by atoms with van der Waals surface area (Å²) in [5.41, 5.74) is -0.144. The number of hydrogen-bond acceptors (Lipinski definition) is 6. The van der Waals surface area contributed by atoms with Crippen molar-refractivity contribution in [1.82, 2.24) is 0 Å². The normalized spacial score (nSPS) is 10.5. The van der Waals surface area contributed by atoms with Crippen molar-refractivity contribution in [2.24, 2.45) is 0 Å². The summed E-state index contributed by atoms with van der Waals surface area (Å²) >= 11 is 0. The van der Waals surface area contributed by atoms with Gasteiger partial charge in [-0.1, -0.05) is 57.9 Å². The Labute approximate surface area is 166 Å². The number of esters is 2. The molecule has 0 atom stereocenters. The molecule has 0 fully saturated rings. The Hall–Kier alpha value is -2.44. The molecule has 156 valence electrons. The SMILES string of the molecule is CCCCCCCCCCOC(=O)CCCC(=O)Oc1cccc([N+](=O)[O-])c1. The number of nitrogens with zero attached hydrogens (tertiary/aromatic N) is 1. The number of carbonyl (C=O) groups excluding carboxylic acids is 2. The van der Waals surface area contributed by atoms with Gasteiger partial charge in [-0.25, -0.2) is 0 Å². The minimum Gasteiger partial charge on any atom is -0.466 e. The zero-order chi connectivity index (χ0) is 20.6. The Morgan fingerprint density at radius 2 is 1.57 bits per heavy atom. The van der Waals surface area contributed by atoms with Gasteiger partial charge < -0.3 is 9.47 Å². The van der Waals surface area contributed by atoms with Crippen molar-refractivity contribution in [2.75, 3.05) is 6.61 Å². The number of unbranched alkanes of at least 4 members (excludes halogenated alkanes) is 7. The van der Waals surface area contributed by atoms with Crippen molar-refractivity contribution in [3.8, 4) is 5.75 Å². The molecule has 0 aliphatic heterocycles. The van der Waals surface area contributed by atoms with E-state index in [0.717, 1.165) is 12.8 Å². The van der Waals surface area contributed by atoms with Crippen LogP contribution in [0.25, 0.3) is 0 Å². The molecule has 0 saturated heterocycles. The first kappa shape index (κ1) is 23.6. The largest absolute Gasteiger partial charge is 0.466 e. The van der Waals surface area contributed by atoms with E-state index in [4.69, 9.17) is 9.47 Å². The van der Waals surface area contributed by atoms with Gasteiger partial charge in [0.1, 0.15) is 5.75 Å². The number of rotatable bonds is 15. The van der Waals surface area contributed by atoms with Crippen molar-refractivity contribution >= 4 is 17.6 Å². The van der Waals surface area contributed by atoms with Crippen LogP contribution < -0.4 is 4.74 Å². The zero-order valence-corrected chi connectivity index (χ0v) is 16.7. The van der Waals surface area contributed by atoms with E-state index in [1.807, 2.05) is 0 Å². The smallest absolute Gasteiger partial charge is 0.311 e. The van der Waals surface area contributed by atoms with E-state index < -0.39 is 10.9 Å². The van der Waals surface area contributed by atoms with Gasteiger partial charge in [0.25, 0.3) is 5.69 Å². The van der Waals surface area contributed by atoms with Gasteiger partial charge in [-0.15, -0.1) is 0 Å². The molecular weight excluding hydrogens is 362 g/mol. The molecule has 0 N–H and O–H groups in total. The summed E-state index contributed by atoms with van der Waals surface area (Å²) in [5.74, 6) is -0.723. The summed E-state index contributed by atoms with van der Waals surface area (Å²) in [7, 11) is 0. The highest BCUT2D eigenvalue weighted by Gasteiger charge is 2.11. The van der Waals surface area contributed by atoms with E-state index in [1.54, 1.807) is 0 Å². The standard InChI is InChI=1S/C21H31NO6/c1-2-3-4-5-6-7-8-9-16-27-20(23)14-11-15-21(24)28-19-13-10-12-18(17-19)22(25)26/h10,12-13,17H,2-9,11,14-16H2,1H3. The summed E-state index contributed by atoms with van der Waals surface area (Å²) in [6.07, 6.45) is 10.0. The van der Waals surface area contributed by atoms with Crippen molar-refractivity contribution in [2.45, 2.75) is 77.6 Å². The van der Waals surface area contributed by atoms with E-state index in [0.29, 0.717) is 13.0 Å². The molecule has 1 aromatic carbocycles. The van der Waals surface area contributed by atoms with Crippen LogP contribution in [0, 0.1) is 10.1 Å². The number of hydrogen-bond donors (Lipinski definition) is 0. The average Bonchev–Trinajstić information content (AvgIpc) is 2.67. The molecule has 0 aliphatic rings. The van der Waals surface area contributed by atoms with Crippen LogP contribution in [0.2, 0.25) is 0 Å². The first-order valence-electron chi connectivity index (χ1n) is 10.1. The number of nitro groups is 1. The lowest BCUT2D eigenvalue weighted by Crippen LogP contribution is -2.10. The van der Waals surface area contributed by atoms with E-state index in [1.165, 1.54) is 62.8 Å². The molecular formula is C21H31NO6. The number of non-ortho nitro benzene ring substituents is 1. The van der Waals surface area contributed by atoms with Crippen molar-refractivity contribution < 1.29 is 24.0 Å². The third kappa shape index (κ3) is 11.3. The molecule has 0 aliphatic carbocycles. The monoisotopic (exact) mass is 393 g/mol. The Morgan fingerprint density at radius 1 is 0.929 bits per heavy atom. The lowest BCUT2D eigenvalue weighted by Gasteiger charge is -2.06. The lowest BCUT2D eigenvalue weighted by molar-refractivity contribution is -0.384. The highest BCUT2D eigenvalue weighted by atomic mass is 16.6. The Morgan fingerprint density at radius 3 is 2.25 bits per heavy atom. The highest BCUT2D eigenvalue weighted by Crippen LogP contribution is 2.19. The van der Waals surface area contributed by atoms with Gasteiger partial charge in [-0.05, 0) is 18.9 Å². The van der Waals surface area contributed by atoms with Crippen LogP contribution in [0.1, 0.15) is 77.6 Å². The number of ether oxygens (including phenoxy) is 2. The maximum absolute atomic E-state index is 11.8. The second-order valence-corrected chi connectivity index (χ2v) is 6.78. The van der Waals surface area contributed by atoms with Gasteiger partial charge in [0.2, 0.25) is 0 Å². The molecule has 0 heterocycles. The van der Waals surface area contributed by atoms with Crippen molar-refractivity contribution in [1.29, 1.82) is 0 Å². The summed E-state index contributed by atoms with van der Waals surface area (Å²) < 4.78 is 10.2. The quantitative estimate of drug-likeness (QED) is 0.131. The summed E-state index contributed by atoms with van der Waals surface area (Å²) in [6, 6.07) is 5.43. The number of carbonyl (C=O) groups is 2. The minimum absolute atomic E-state index is 0.0511. The number of nitro benzene ring substituents is 1. The van der Waals surface area contributed by atoms with Crippen LogP contribution in [-0.4, -0.2) is 23.5 Å². The van der Waals surface area contributed by atoms with Gasteiger partial charge in [-0.2, -0.15) is 0 Å².